The fraction of sp³-hybridized carbons (Fsp3) is 0.583. The first kappa shape index (κ1) is 14.2. The summed E-state index contributed by atoms with van der Waals surface area (Å²) >= 11 is 0. The lowest BCUT2D eigenvalue weighted by atomic mass is 9.94. The van der Waals surface area contributed by atoms with Crippen LogP contribution in [0.25, 0.3) is 0 Å². The van der Waals surface area contributed by atoms with Crippen molar-refractivity contribution in [2.75, 3.05) is 6.54 Å². The molecule has 0 aliphatic carbocycles. The van der Waals surface area contributed by atoms with Gasteiger partial charge in [0.2, 0.25) is 5.76 Å². The molecule has 2 N–H and O–H groups in total. The quantitative estimate of drug-likeness (QED) is 0.833. The first-order chi connectivity index (χ1) is 8.24. The number of aliphatic carboxylic acids is 1. The topological polar surface area (TPSA) is 92.4 Å². The number of carbonyl (C=O) groups is 2. The standard InChI is InChI=1S/C12H18N2O4/c1-7(2)8-5-9(18-14-8)10(15)13-6-12(3,4)11(16)17/h5,7H,6H2,1-4H3,(H,13,15)(H,16,17). The van der Waals surface area contributed by atoms with Crippen LogP contribution in [0.1, 0.15) is 49.9 Å². The summed E-state index contributed by atoms with van der Waals surface area (Å²) in [4.78, 5) is 22.6. The fourth-order valence-corrected chi connectivity index (χ4v) is 1.13. The van der Waals surface area contributed by atoms with Crippen molar-refractivity contribution in [1.82, 2.24) is 10.5 Å². The minimum absolute atomic E-state index is 0.0267. The molecule has 6 nitrogen and oxygen atoms in total. The summed E-state index contributed by atoms with van der Waals surface area (Å²) < 4.78 is 4.90. The molecule has 100 valence electrons. The summed E-state index contributed by atoms with van der Waals surface area (Å²) in [5.74, 6) is -1.15. The van der Waals surface area contributed by atoms with Crippen molar-refractivity contribution >= 4 is 11.9 Å². The monoisotopic (exact) mass is 254 g/mol. The Morgan fingerprint density at radius 2 is 2.11 bits per heavy atom. The van der Waals surface area contributed by atoms with Crippen LogP contribution in [0.3, 0.4) is 0 Å². The Morgan fingerprint density at radius 3 is 2.56 bits per heavy atom. The third-order valence-electron chi connectivity index (χ3n) is 2.61. The molecule has 0 unspecified atom stereocenters. The minimum Gasteiger partial charge on any atom is -0.481 e. The van der Waals surface area contributed by atoms with Gasteiger partial charge in [-0.05, 0) is 19.8 Å². The number of amides is 1. The zero-order chi connectivity index (χ0) is 13.9. The van der Waals surface area contributed by atoms with Crippen molar-refractivity contribution in [3.63, 3.8) is 0 Å². The van der Waals surface area contributed by atoms with Crippen LogP contribution in [-0.2, 0) is 4.79 Å². The molecule has 0 aliphatic rings. The zero-order valence-corrected chi connectivity index (χ0v) is 11.0. The van der Waals surface area contributed by atoms with Gasteiger partial charge in [0.15, 0.2) is 0 Å². The maximum Gasteiger partial charge on any atom is 0.310 e. The lowest BCUT2D eigenvalue weighted by Crippen LogP contribution is -2.38. The van der Waals surface area contributed by atoms with E-state index >= 15 is 0 Å². The lowest BCUT2D eigenvalue weighted by molar-refractivity contribution is -0.146. The molecule has 1 rings (SSSR count). The van der Waals surface area contributed by atoms with Crippen LogP contribution >= 0.6 is 0 Å². The van der Waals surface area contributed by atoms with Crippen LogP contribution in [0.2, 0.25) is 0 Å². The van der Waals surface area contributed by atoms with E-state index in [4.69, 9.17) is 9.63 Å². The number of carboxylic acids is 1. The summed E-state index contributed by atoms with van der Waals surface area (Å²) in [7, 11) is 0. The van der Waals surface area contributed by atoms with Crippen molar-refractivity contribution in [2.45, 2.75) is 33.6 Å². The maximum absolute atomic E-state index is 11.7. The van der Waals surface area contributed by atoms with Gasteiger partial charge in [-0.25, -0.2) is 0 Å². The molecule has 1 heterocycles. The van der Waals surface area contributed by atoms with Crippen molar-refractivity contribution in [2.24, 2.45) is 5.41 Å². The van der Waals surface area contributed by atoms with Gasteiger partial charge in [-0.2, -0.15) is 0 Å². The average molecular weight is 254 g/mol. The van der Waals surface area contributed by atoms with Crippen molar-refractivity contribution in [3.8, 4) is 0 Å². The molecule has 1 amide bonds. The average Bonchev–Trinajstić information content (AvgIpc) is 2.75. The van der Waals surface area contributed by atoms with Crippen LogP contribution in [0.15, 0.2) is 10.6 Å². The molecule has 0 bridgehead atoms. The lowest BCUT2D eigenvalue weighted by Gasteiger charge is -2.18. The second kappa shape index (κ2) is 5.20. The Morgan fingerprint density at radius 1 is 1.50 bits per heavy atom. The summed E-state index contributed by atoms with van der Waals surface area (Å²) in [6.07, 6.45) is 0. The number of nitrogens with one attached hydrogen (secondary N) is 1. The summed E-state index contributed by atoms with van der Waals surface area (Å²) in [5.41, 5.74) is -0.325. The number of aromatic nitrogens is 1. The van der Waals surface area contributed by atoms with E-state index in [1.165, 1.54) is 13.8 Å². The summed E-state index contributed by atoms with van der Waals surface area (Å²) in [6.45, 7) is 6.98. The third-order valence-corrected chi connectivity index (χ3v) is 2.61. The molecular formula is C12H18N2O4. The molecule has 0 radical (unpaired) electrons. The van der Waals surface area contributed by atoms with Gasteiger partial charge in [-0.3, -0.25) is 9.59 Å². The van der Waals surface area contributed by atoms with Crippen molar-refractivity contribution in [1.29, 1.82) is 0 Å². The smallest absolute Gasteiger partial charge is 0.310 e. The fourth-order valence-electron chi connectivity index (χ4n) is 1.13. The summed E-state index contributed by atoms with van der Waals surface area (Å²) in [5, 5.41) is 15.2. The molecule has 0 saturated heterocycles. The number of hydrogen-bond acceptors (Lipinski definition) is 4. The molecule has 0 fully saturated rings. The van der Waals surface area contributed by atoms with Gasteiger partial charge in [0.25, 0.3) is 5.91 Å². The molecule has 1 aromatic rings. The van der Waals surface area contributed by atoms with Gasteiger partial charge in [0.05, 0.1) is 11.1 Å². The van der Waals surface area contributed by atoms with Crippen molar-refractivity contribution < 1.29 is 19.2 Å². The van der Waals surface area contributed by atoms with Gasteiger partial charge < -0.3 is 14.9 Å². The molecule has 0 atom stereocenters. The highest BCUT2D eigenvalue weighted by Crippen LogP contribution is 2.16. The molecule has 0 aliphatic heterocycles. The minimum atomic E-state index is -1.02. The first-order valence-corrected chi connectivity index (χ1v) is 5.72. The second-order valence-corrected chi connectivity index (χ2v) is 5.14. The Labute approximate surface area is 105 Å². The van der Waals surface area contributed by atoms with E-state index in [1.54, 1.807) is 6.07 Å². The van der Waals surface area contributed by atoms with Crippen molar-refractivity contribution in [3.05, 3.63) is 17.5 Å². The van der Waals surface area contributed by atoms with E-state index in [0.717, 1.165) is 0 Å². The van der Waals surface area contributed by atoms with E-state index < -0.39 is 17.3 Å². The van der Waals surface area contributed by atoms with Gasteiger partial charge in [-0.15, -0.1) is 0 Å². The van der Waals surface area contributed by atoms with E-state index in [1.807, 2.05) is 13.8 Å². The Balaban J connectivity index is 2.63. The normalized spacial score (nSPS) is 11.6. The highest BCUT2D eigenvalue weighted by atomic mass is 16.5. The molecule has 0 aromatic carbocycles. The maximum atomic E-state index is 11.7. The Bertz CT molecular complexity index is 449. The molecule has 18 heavy (non-hydrogen) atoms. The van der Waals surface area contributed by atoms with Crippen LogP contribution in [0, 0.1) is 5.41 Å². The van der Waals surface area contributed by atoms with Crippen LogP contribution in [-0.4, -0.2) is 28.7 Å². The predicted molar refractivity (Wildman–Crippen MR) is 64.3 cm³/mol. The SMILES string of the molecule is CC(C)c1cc(C(=O)NCC(C)(C)C(=O)O)on1. The van der Waals surface area contributed by atoms with Gasteiger partial charge in [-0.1, -0.05) is 19.0 Å². The number of nitrogens with zero attached hydrogens (tertiary/aromatic N) is 1. The number of rotatable bonds is 5. The summed E-state index contributed by atoms with van der Waals surface area (Å²) in [6, 6.07) is 1.56. The Kier molecular flexibility index (Phi) is 4.11. The number of hydrogen-bond donors (Lipinski definition) is 2. The van der Waals surface area contributed by atoms with Gasteiger partial charge in [0, 0.05) is 12.6 Å². The molecule has 0 spiro atoms. The highest BCUT2D eigenvalue weighted by molar-refractivity contribution is 5.91. The molecular weight excluding hydrogens is 236 g/mol. The number of carbonyl (C=O) groups excluding carboxylic acids is 1. The van der Waals surface area contributed by atoms with E-state index in [9.17, 15) is 9.59 Å². The zero-order valence-electron chi connectivity index (χ0n) is 11.0. The van der Waals surface area contributed by atoms with Gasteiger partial charge >= 0.3 is 5.97 Å². The molecule has 0 saturated carbocycles. The van der Waals surface area contributed by atoms with Crippen LogP contribution in [0.5, 0.6) is 0 Å². The largest absolute Gasteiger partial charge is 0.481 e. The highest BCUT2D eigenvalue weighted by Gasteiger charge is 2.28. The van der Waals surface area contributed by atoms with E-state index in [0.29, 0.717) is 5.69 Å². The van der Waals surface area contributed by atoms with Gasteiger partial charge in [0.1, 0.15) is 0 Å². The predicted octanol–water partition coefficient (Wildman–Crippen LogP) is 1.64. The molecule has 6 heteroatoms. The first-order valence-electron chi connectivity index (χ1n) is 5.72. The number of carboxylic acid groups (broad SMARTS) is 1. The third kappa shape index (κ3) is 3.32. The van der Waals surface area contributed by atoms with E-state index in [-0.39, 0.29) is 18.2 Å². The second-order valence-electron chi connectivity index (χ2n) is 5.14. The van der Waals surface area contributed by atoms with Crippen LogP contribution < -0.4 is 5.32 Å². The molecule has 1 aromatic heterocycles. The van der Waals surface area contributed by atoms with Crippen LogP contribution in [0.4, 0.5) is 0 Å². The Hall–Kier alpha value is -1.85. The van der Waals surface area contributed by atoms with E-state index in [2.05, 4.69) is 10.5 Å².